The lowest BCUT2D eigenvalue weighted by Gasteiger charge is -2.23. The summed E-state index contributed by atoms with van der Waals surface area (Å²) in [4.78, 5) is 15.4. The summed E-state index contributed by atoms with van der Waals surface area (Å²) in [5.41, 5.74) is 5.24. The Balaban J connectivity index is 2.41. The van der Waals surface area contributed by atoms with Gasteiger partial charge in [0.2, 0.25) is 5.91 Å². The molecule has 2 aromatic rings. The summed E-state index contributed by atoms with van der Waals surface area (Å²) in [5, 5.41) is 7.08. The molecule has 3 N–H and O–H groups in total. The standard InChI is InChI=1S/C10H13N5O/c1-10(2,9(11)16)14-8-7-3-4-13-15(7)6-5-12-8/h3-6H,1-2H3,(H2,11,16)(H,12,14). The molecule has 0 saturated heterocycles. The van der Waals surface area contributed by atoms with Crippen molar-refractivity contribution in [3.05, 3.63) is 24.7 Å². The molecule has 1 amide bonds. The van der Waals surface area contributed by atoms with Gasteiger partial charge in [0, 0.05) is 12.4 Å². The molecule has 0 aliphatic rings. The van der Waals surface area contributed by atoms with Crippen LogP contribution in [0, 0.1) is 0 Å². The zero-order valence-corrected chi connectivity index (χ0v) is 9.14. The van der Waals surface area contributed by atoms with Crippen molar-refractivity contribution in [2.24, 2.45) is 5.73 Å². The molecule has 0 saturated carbocycles. The maximum absolute atomic E-state index is 11.2. The number of carbonyl (C=O) groups is 1. The summed E-state index contributed by atoms with van der Waals surface area (Å²) in [6.07, 6.45) is 5.01. The Morgan fingerprint density at radius 2 is 2.25 bits per heavy atom. The first-order valence-corrected chi connectivity index (χ1v) is 4.87. The zero-order chi connectivity index (χ0) is 11.8. The van der Waals surface area contributed by atoms with Gasteiger partial charge in [0.05, 0.1) is 6.20 Å². The molecule has 0 aliphatic heterocycles. The third-order valence-electron chi connectivity index (χ3n) is 2.37. The van der Waals surface area contributed by atoms with Crippen molar-refractivity contribution >= 4 is 17.2 Å². The Hall–Kier alpha value is -2.11. The maximum Gasteiger partial charge on any atom is 0.242 e. The largest absolute Gasteiger partial charge is 0.368 e. The number of nitrogens with one attached hydrogen (secondary N) is 1. The highest BCUT2D eigenvalue weighted by Gasteiger charge is 2.25. The second-order valence-corrected chi connectivity index (χ2v) is 4.05. The fraction of sp³-hybridized carbons (Fsp3) is 0.300. The van der Waals surface area contributed by atoms with E-state index in [4.69, 9.17) is 5.73 Å². The highest BCUT2D eigenvalue weighted by molar-refractivity contribution is 5.88. The average Bonchev–Trinajstić information content (AvgIpc) is 2.65. The molecule has 0 aliphatic carbocycles. The van der Waals surface area contributed by atoms with E-state index in [0.29, 0.717) is 5.82 Å². The number of aromatic nitrogens is 3. The summed E-state index contributed by atoms with van der Waals surface area (Å²) in [6.45, 7) is 3.41. The van der Waals surface area contributed by atoms with Crippen LogP contribution >= 0.6 is 0 Å². The van der Waals surface area contributed by atoms with E-state index in [1.807, 2.05) is 6.07 Å². The van der Waals surface area contributed by atoms with Crippen LogP contribution in [0.1, 0.15) is 13.8 Å². The molecule has 0 aromatic carbocycles. The van der Waals surface area contributed by atoms with Crippen LogP contribution in [0.3, 0.4) is 0 Å². The molecular weight excluding hydrogens is 206 g/mol. The summed E-state index contributed by atoms with van der Waals surface area (Å²) in [6, 6.07) is 1.81. The normalized spacial score (nSPS) is 11.6. The number of hydrogen-bond acceptors (Lipinski definition) is 4. The van der Waals surface area contributed by atoms with Gasteiger partial charge in [-0.15, -0.1) is 0 Å². The van der Waals surface area contributed by atoms with Crippen molar-refractivity contribution in [2.75, 3.05) is 5.32 Å². The van der Waals surface area contributed by atoms with Crippen LogP contribution in [0.5, 0.6) is 0 Å². The lowest BCUT2D eigenvalue weighted by Crippen LogP contribution is -2.45. The topological polar surface area (TPSA) is 85.3 Å². The number of carbonyl (C=O) groups excluding carboxylic acids is 1. The van der Waals surface area contributed by atoms with Gasteiger partial charge in [-0.2, -0.15) is 5.10 Å². The Labute approximate surface area is 92.5 Å². The van der Waals surface area contributed by atoms with Crippen molar-refractivity contribution in [1.82, 2.24) is 14.6 Å². The zero-order valence-electron chi connectivity index (χ0n) is 9.14. The lowest BCUT2D eigenvalue weighted by molar-refractivity contribution is -0.121. The van der Waals surface area contributed by atoms with Crippen molar-refractivity contribution in [1.29, 1.82) is 0 Å². The molecule has 0 fully saturated rings. The number of nitrogens with two attached hydrogens (primary N) is 1. The van der Waals surface area contributed by atoms with Crippen LogP contribution in [0.4, 0.5) is 5.82 Å². The van der Waals surface area contributed by atoms with Gasteiger partial charge in [-0.25, -0.2) is 9.50 Å². The van der Waals surface area contributed by atoms with E-state index in [1.165, 1.54) is 0 Å². The summed E-state index contributed by atoms with van der Waals surface area (Å²) in [5.74, 6) is 0.152. The highest BCUT2D eigenvalue weighted by atomic mass is 16.1. The van der Waals surface area contributed by atoms with E-state index in [2.05, 4.69) is 15.4 Å². The molecule has 0 radical (unpaired) electrons. The predicted octanol–water partition coefficient (Wildman–Crippen LogP) is 0.405. The maximum atomic E-state index is 11.2. The van der Waals surface area contributed by atoms with Crippen LogP contribution < -0.4 is 11.1 Å². The fourth-order valence-corrected chi connectivity index (χ4v) is 1.31. The van der Waals surface area contributed by atoms with E-state index in [9.17, 15) is 4.79 Å². The van der Waals surface area contributed by atoms with E-state index < -0.39 is 11.4 Å². The van der Waals surface area contributed by atoms with Crippen LogP contribution in [-0.2, 0) is 4.79 Å². The number of anilines is 1. The van der Waals surface area contributed by atoms with Gasteiger partial charge in [0.15, 0.2) is 5.82 Å². The first-order chi connectivity index (χ1) is 7.50. The van der Waals surface area contributed by atoms with Crippen LogP contribution in [0.2, 0.25) is 0 Å². The predicted molar refractivity (Wildman–Crippen MR) is 59.9 cm³/mol. The second-order valence-electron chi connectivity index (χ2n) is 4.05. The van der Waals surface area contributed by atoms with Gasteiger partial charge in [-0.1, -0.05) is 0 Å². The molecule has 84 valence electrons. The number of fused-ring (bicyclic) bond motifs is 1. The third kappa shape index (κ3) is 1.69. The molecule has 0 spiro atoms. The summed E-state index contributed by atoms with van der Waals surface area (Å²) < 4.78 is 1.67. The number of rotatable bonds is 3. The Bertz CT molecular complexity index is 531. The van der Waals surface area contributed by atoms with Gasteiger partial charge in [0.1, 0.15) is 11.1 Å². The highest BCUT2D eigenvalue weighted by Crippen LogP contribution is 2.17. The van der Waals surface area contributed by atoms with Gasteiger partial charge in [-0.3, -0.25) is 4.79 Å². The first kappa shape index (κ1) is 10.4. The number of primary amides is 1. The smallest absolute Gasteiger partial charge is 0.242 e. The SMILES string of the molecule is CC(C)(Nc1nccn2nccc12)C(N)=O. The molecule has 6 nitrogen and oxygen atoms in total. The van der Waals surface area contributed by atoms with Crippen LogP contribution in [-0.4, -0.2) is 26.0 Å². The van der Waals surface area contributed by atoms with Crippen LogP contribution in [0.15, 0.2) is 24.7 Å². The van der Waals surface area contributed by atoms with E-state index in [0.717, 1.165) is 5.52 Å². The Morgan fingerprint density at radius 3 is 2.94 bits per heavy atom. The minimum absolute atomic E-state index is 0.434. The molecule has 2 aromatic heterocycles. The molecule has 6 heteroatoms. The minimum atomic E-state index is -0.848. The average molecular weight is 219 g/mol. The van der Waals surface area contributed by atoms with E-state index in [1.54, 1.807) is 37.0 Å². The van der Waals surface area contributed by atoms with Crippen LogP contribution in [0.25, 0.3) is 5.52 Å². The number of amides is 1. The monoisotopic (exact) mass is 219 g/mol. The minimum Gasteiger partial charge on any atom is -0.368 e. The van der Waals surface area contributed by atoms with Crippen molar-refractivity contribution < 1.29 is 4.79 Å². The second kappa shape index (κ2) is 3.48. The van der Waals surface area contributed by atoms with E-state index >= 15 is 0 Å². The first-order valence-electron chi connectivity index (χ1n) is 4.87. The van der Waals surface area contributed by atoms with Gasteiger partial charge >= 0.3 is 0 Å². The summed E-state index contributed by atoms with van der Waals surface area (Å²) in [7, 11) is 0. The van der Waals surface area contributed by atoms with Gasteiger partial charge in [0.25, 0.3) is 0 Å². The Kier molecular flexibility index (Phi) is 2.26. The van der Waals surface area contributed by atoms with Gasteiger partial charge < -0.3 is 11.1 Å². The molecule has 0 bridgehead atoms. The van der Waals surface area contributed by atoms with Crippen molar-refractivity contribution in [3.8, 4) is 0 Å². The third-order valence-corrected chi connectivity index (χ3v) is 2.37. The van der Waals surface area contributed by atoms with Crippen molar-refractivity contribution in [3.63, 3.8) is 0 Å². The quantitative estimate of drug-likeness (QED) is 0.782. The Morgan fingerprint density at radius 1 is 1.50 bits per heavy atom. The lowest BCUT2D eigenvalue weighted by atomic mass is 10.1. The fourth-order valence-electron chi connectivity index (χ4n) is 1.31. The molecule has 0 unspecified atom stereocenters. The van der Waals surface area contributed by atoms with Crippen molar-refractivity contribution in [2.45, 2.75) is 19.4 Å². The molecule has 2 heterocycles. The number of nitrogens with zero attached hydrogens (tertiary/aromatic N) is 3. The molecular formula is C10H13N5O. The molecule has 2 rings (SSSR count). The van der Waals surface area contributed by atoms with Gasteiger partial charge in [-0.05, 0) is 19.9 Å². The molecule has 16 heavy (non-hydrogen) atoms. The molecule has 0 atom stereocenters. The number of hydrogen-bond donors (Lipinski definition) is 2. The van der Waals surface area contributed by atoms with E-state index in [-0.39, 0.29) is 0 Å². The summed E-state index contributed by atoms with van der Waals surface area (Å²) >= 11 is 0.